The topological polar surface area (TPSA) is 83.4 Å². The molecule has 0 aliphatic heterocycles. The molecule has 1 aromatic heterocycles. The predicted molar refractivity (Wildman–Crippen MR) is 66.3 cm³/mol. The molecule has 0 bridgehead atoms. The minimum Gasteiger partial charge on any atom is -0.497 e. The zero-order valence-corrected chi connectivity index (χ0v) is 10.3. The highest BCUT2D eigenvalue weighted by atomic mass is 16.5. The molecule has 1 aromatic carbocycles. The third-order valence-corrected chi connectivity index (χ3v) is 2.49. The Morgan fingerprint density at radius 1 is 1.33 bits per heavy atom. The Labute approximate surface area is 105 Å². The van der Waals surface area contributed by atoms with Crippen molar-refractivity contribution in [2.75, 3.05) is 26.6 Å². The van der Waals surface area contributed by atoms with Gasteiger partial charge in [0.2, 0.25) is 0 Å². The maximum absolute atomic E-state index is 5.91. The van der Waals surface area contributed by atoms with Gasteiger partial charge in [-0.3, -0.25) is 0 Å². The van der Waals surface area contributed by atoms with Crippen LogP contribution < -0.4 is 10.5 Å². The molecule has 2 rings (SSSR count). The Bertz CT molecular complexity index is 525. The second-order valence-corrected chi connectivity index (χ2v) is 3.71. The molecule has 2 N–H and O–H groups in total. The number of ether oxygens (including phenoxy) is 2. The van der Waals surface area contributed by atoms with Crippen molar-refractivity contribution in [3.63, 3.8) is 0 Å². The van der Waals surface area contributed by atoms with Gasteiger partial charge in [0, 0.05) is 25.3 Å². The average Bonchev–Trinajstić information content (AvgIpc) is 2.84. The van der Waals surface area contributed by atoms with Gasteiger partial charge in [-0.25, -0.2) is 0 Å². The molecule has 6 heteroatoms. The van der Waals surface area contributed by atoms with Gasteiger partial charge < -0.3 is 19.7 Å². The highest BCUT2D eigenvalue weighted by Gasteiger charge is 2.12. The molecule has 0 saturated carbocycles. The SMILES string of the molecule is COCCc1noc(-c2ccc(OC)cc2N)n1. The molecule has 2 aromatic rings. The highest BCUT2D eigenvalue weighted by molar-refractivity contribution is 5.71. The van der Waals surface area contributed by atoms with Crippen LogP contribution in [-0.4, -0.2) is 31.0 Å². The van der Waals surface area contributed by atoms with E-state index in [4.69, 9.17) is 19.7 Å². The van der Waals surface area contributed by atoms with Crippen LogP contribution in [0.2, 0.25) is 0 Å². The van der Waals surface area contributed by atoms with Crippen LogP contribution in [0, 0.1) is 0 Å². The van der Waals surface area contributed by atoms with E-state index in [0.29, 0.717) is 41.7 Å². The van der Waals surface area contributed by atoms with Crippen LogP contribution in [0.3, 0.4) is 0 Å². The van der Waals surface area contributed by atoms with Crippen LogP contribution in [0.15, 0.2) is 22.7 Å². The minimum absolute atomic E-state index is 0.404. The first-order valence-electron chi connectivity index (χ1n) is 5.50. The summed E-state index contributed by atoms with van der Waals surface area (Å²) in [5, 5.41) is 3.86. The quantitative estimate of drug-likeness (QED) is 0.809. The van der Waals surface area contributed by atoms with E-state index in [1.807, 2.05) is 0 Å². The number of aromatic nitrogens is 2. The molecule has 96 valence electrons. The first-order valence-corrected chi connectivity index (χ1v) is 5.50. The maximum Gasteiger partial charge on any atom is 0.260 e. The summed E-state index contributed by atoms with van der Waals surface area (Å²) in [6, 6.07) is 5.31. The Kier molecular flexibility index (Phi) is 3.78. The van der Waals surface area contributed by atoms with E-state index in [-0.39, 0.29) is 0 Å². The first-order chi connectivity index (χ1) is 8.74. The van der Waals surface area contributed by atoms with E-state index in [2.05, 4.69) is 10.1 Å². The molecule has 0 atom stereocenters. The summed E-state index contributed by atoms with van der Waals surface area (Å²) in [5.74, 6) is 1.69. The van der Waals surface area contributed by atoms with Crippen LogP contribution >= 0.6 is 0 Å². The molecule has 0 unspecified atom stereocenters. The normalized spacial score (nSPS) is 10.6. The Balaban J connectivity index is 2.23. The van der Waals surface area contributed by atoms with E-state index in [1.54, 1.807) is 32.4 Å². The summed E-state index contributed by atoms with van der Waals surface area (Å²) in [7, 11) is 3.21. The molecule has 0 fully saturated rings. The third-order valence-electron chi connectivity index (χ3n) is 2.49. The molecule has 0 aliphatic carbocycles. The van der Waals surface area contributed by atoms with Crippen molar-refractivity contribution in [1.29, 1.82) is 0 Å². The molecule has 6 nitrogen and oxygen atoms in total. The lowest BCUT2D eigenvalue weighted by atomic mass is 10.1. The monoisotopic (exact) mass is 249 g/mol. The van der Waals surface area contributed by atoms with E-state index in [9.17, 15) is 0 Å². The van der Waals surface area contributed by atoms with Crippen molar-refractivity contribution in [2.24, 2.45) is 0 Å². The number of hydrogen-bond acceptors (Lipinski definition) is 6. The van der Waals surface area contributed by atoms with Gasteiger partial charge in [0.25, 0.3) is 5.89 Å². The standard InChI is InChI=1S/C12H15N3O3/c1-16-6-5-11-14-12(18-15-11)9-4-3-8(17-2)7-10(9)13/h3-4,7H,5-6,13H2,1-2H3. The predicted octanol–water partition coefficient (Wildman–Crippen LogP) is 1.52. The van der Waals surface area contributed by atoms with Crippen molar-refractivity contribution < 1.29 is 14.0 Å². The van der Waals surface area contributed by atoms with Crippen LogP contribution in [0.1, 0.15) is 5.82 Å². The molecule has 1 heterocycles. The summed E-state index contributed by atoms with van der Waals surface area (Å²) in [4.78, 5) is 4.26. The molecular formula is C12H15N3O3. The lowest BCUT2D eigenvalue weighted by molar-refractivity contribution is 0.199. The smallest absolute Gasteiger partial charge is 0.260 e. The second kappa shape index (κ2) is 5.50. The number of nitrogens with two attached hydrogens (primary N) is 1. The molecule has 0 radical (unpaired) electrons. The number of methoxy groups -OCH3 is 2. The van der Waals surface area contributed by atoms with Crippen LogP contribution in [-0.2, 0) is 11.2 Å². The molecule has 0 amide bonds. The summed E-state index contributed by atoms with van der Waals surface area (Å²) in [6.07, 6.45) is 0.607. The van der Waals surface area contributed by atoms with Crippen molar-refractivity contribution in [3.8, 4) is 17.2 Å². The van der Waals surface area contributed by atoms with Crippen LogP contribution in [0.25, 0.3) is 11.5 Å². The summed E-state index contributed by atoms with van der Waals surface area (Å²) in [6.45, 7) is 0.553. The van der Waals surface area contributed by atoms with E-state index in [1.165, 1.54) is 0 Å². The first kappa shape index (κ1) is 12.4. The number of benzene rings is 1. The number of rotatable bonds is 5. The fourth-order valence-electron chi connectivity index (χ4n) is 1.52. The third kappa shape index (κ3) is 2.60. The van der Waals surface area contributed by atoms with E-state index < -0.39 is 0 Å². The van der Waals surface area contributed by atoms with Gasteiger partial charge in [0.1, 0.15) is 5.75 Å². The van der Waals surface area contributed by atoms with Crippen LogP contribution in [0.5, 0.6) is 5.75 Å². The fraction of sp³-hybridized carbons (Fsp3) is 0.333. The average molecular weight is 249 g/mol. The van der Waals surface area contributed by atoms with E-state index in [0.717, 1.165) is 0 Å². The molecular weight excluding hydrogens is 234 g/mol. The Morgan fingerprint density at radius 3 is 2.83 bits per heavy atom. The fourth-order valence-corrected chi connectivity index (χ4v) is 1.52. The lowest BCUT2D eigenvalue weighted by Gasteiger charge is -2.03. The van der Waals surface area contributed by atoms with Crippen LogP contribution in [0.4, 0.5) is 5.69 Å². The Hall–Kier alpha value is -2.08. The second-order valence-electron chi connectivity index (χ2n) is 3.71. The van der Waals surface area contributed by atoms with E-state index >= 15 is 0 Å². The van der Waals surface area contributed by atoms with Gasteiger partial charge >= 0.3 is 0 Å². The summed E-state index contributed by atoms with van der Waals surface area (Å²) < 4.78 is 15.2. The van der Waals surface area contributed by atoms with Gasteiger partial charge in [-0.15, -0.1) is 0 Å². The van der Waals surface area contributed by atoms with Crippen molar-refractivity contribution in [3.05, 3.63) is 24.0 Å². The summed E-state index contributed by atoms with van der Waals surface area (Å²) in [5.41, 5.74) is 7.15. The van der Waals surface area contributed by atoms with Gasteiger partial charge in [0.15, 0.2) is 5.82 Å². The largest absolute Gasteiger partial charge is 0.497 e. The van der Waals surface area contributed by atoms with Crippen molar-refractivity contribution in [2.45, 2.75) is 6.42 Å². The van der Waals surface area contributed by atoms with Gasteiger partial charge in [-0.2, -0.15) is 4.98 Å². The van der Waals surface area contributed by atoms with Crippen molar-refractivity contribution >= 4 is 5.69 Å². The van der Waals surface area contributed by atoms with Gasteiger partial charge in [0.05, 0.1) is 19.3 Å². The zero-order chi connectivity index (χ0) is 13.0. The molecule has 0 aliphatic rings. The molecule has 0 saturated heterocycles. The number of nitrogens with zero attached hydrogens (tertiary/aromatic N) is 2. The highest BCUT2D eigenvalue weighted by Crippen LogP contribution is 2.27. The lowest BCUT2D eigenvalue weighted by Crippen LogP contribution is -1.96. The zero-order valence-electron chi connectivity index (χ0n) is 10.3. The number of nitrogen functional groups attached to an aromatic ring is 1. The van der Waals surface area contributed by atoms with Gasteiger partial charge in [-0.1, -0.05) is 5.16 Å². The summed E-state index contributed by atoms with van der Waals surface area (Å²) >= 11 is 0. The van der Waals surface area contributed by atoms with Crippen molar-refractivity contribution in [1.82, 2.24) is 10.1 Å². The minimum atomic E-state index is 0.404. The number of anilines is 1. The maximum atomic E-state index is 5.91. The van der Waals surface area contributed by atoms with Gasteiger partial charge in [-0.05, 0) is 12.1 Å². The Morgan fingerprint density at radius 2 is 2.17 bits per heavy atom. The molecule has 18 heavy (non-hydrogen) atoms. The number of hydrogen-bond donors (Lipinski definition) is 1. The molecule has 0 spiro atoms.